The lowest BCUT2D eigenvalue weighted by Gasteiger charge is -2.29. The number of methoxy groups -OCH3 is 2. The number of aromatic amines is 1. The van der Waals surface area contributed by atoms with Gasteiger partial charge in [-0.3, -0.25) is 9.78 Å². The number of fused-ring (bicyclic) bond motifs is 5. The molecule has 0 radical (unpaired) electrons. The molecule has 0 unspecified atom stereocenters. The summed E-state index contributed by atoms with van der Waals surface area (Å²) in [6.45, 7) is 2.57. The zero-order chi connectivity index (χ0) is 24.4. The number of hydrogen-bond donors (Lipinski definition) is 2. The highest BCUT2D eigenvalue weighted by atomic mass is 19.1. The van der Waals surface area contributed by atoms with Gasteiger partial charge < -0.3 is 24.7 Å². The van der Waals surface area contributed by atoms with Crippen LogP contribution in [0.15, 0.2) is 42.5 Å². The first kappa shape index (κ1) is 23.3. The zero-order valence-corrected chi connectivity index (χ0v) is 20.0. The van der Waals surface area contributed by atoms with Crippen molar-refractivity contribution in [2.75, 3.05) is 40.5 Å². The molecule has 8 heteroatoms. The number of amides is 1. The smallest absolute Gasteiger partial charge is 0.236 e. The molecule has 4 aromatic rings. The van der Waals surface area contributed by atoms with E-state index in [0.29, 0.717) is 32.7 Å². The predicted molar refractivity (Wildman–Crippen MR) is 133 cm³/mol. The number of aromatic nitrogens is 2. The Kier molecular flexibility index (Phi) is 6.66. The molecule has 0 atom stereocenters. The molecule has 1 aliphatic heterocycles. The summed E-state index contributed by atoms with van der Waals surface area (Å²) in [5.41, 5.74) is 5.75. The van der Waals surface area contributed by atoms with E-state index in [0.717, 1.165) is 45.2 Å². The number of pyridine rings is 1. The van der Waals surface area contributed by atoms with Gasteiger partial charge in [0.1, 0.15) is 0 Å². The van der Waals surface area contributed by atoms with E-state index in [1.54, 1.807) is 13.2 Å². The number of rotatable bonds is 8. The van der Waals surface area contributed by atoms with Crippen LogP contribution in [0.25, 0.3) is 21.8 Å². The van der Waals surface area contributed by atoms with Gasteiger partial charge >= 0.3 is 0 Å². The van der Waals surface area contributed by atoms with Crippen molar-refractivity contribution >= 4 is 27.7 Å². The van der Waals surface area contributed by atoms with Gasteiger partial charge in [-0.05, 0) is 35.7 Å². The molecule has 0 spiro atoms. The summed E-state index contributed by atoms with van der Waals surface area (Å²) >= 11 is 0. The molecule has 7 nitrogen and oxygen atoms in total. The summed E-state index contributed by atoms with van der Waals surface area (Å²) < 4.78 is 24.5. The molecule has 1 aliphatic rings. The van der Waals surface area contributed by atoms with Crippen LogP contribution in [0.5, 0.6) is 5.75 Å². The molecule has 1 amide bonds. The Balaban J connectivity index is 1.52. The van der Waals surface area contributed by atoms with E-state index >= 15 is 0 Å². The van der Waals surface area contributed by atoms with Crippen molar-refractivity contribution in [3.8, 4) is 5.75 Å². The van der Waals surface area contributed by atoms with E-state index in [1.807, 2.05) is 23.1 Å². The van der Waals surface area contributed by atoms with Crippen molar-refractivity contribution in [3.63, 3.8) is 0 Å². The van der Waals surface area contributed by atoms with Gasteiger partial charge in [-0.15, -0.1) is 0 Å². The fourth-order valence-electron chi connectivity index (χ4n) is 4.84. The maximum absolute atomic E-state index is 14.4. The summed E-state index contributed by atoms with van der Waals surface area (Å²) in [6, 6.07) is 13.2. The number of H-pyrrole nitrogens is 1. The fourth-order valence-corrected chi connectivity index (χ4v) is 4.84. The Morgan fingerprint density at radius 2 is 2.09 bits per heavy atom. The molecule has 3 heterocycles. The van der Waals surface area contributed by atoms with Gasteiger partial charge in [0, 0.05) is 42.9 Å². The monoisotopic (exact) mass is 476 g/mol. The average molecular weight is 477 g/mol. The summed E-state index contributed by atoms with van der Waals surface area (Å²) in [5, 5.41) is 5.42. The van der Waals surface area contributed by atoms with E-state index in [9.17, 15) is 9.18 Å². The minimum Gasteiger partial charge on any atom is -0.494 e. The first-order chi connectivity index (χ1) is 17.1. The third-order valence-electron chi connectivity index (χ3n) is 6.59. The molecule has 2 aromatic carbocycles. The lowest BCUT2D eigenvalue weighted by atomic mass is 9.96. The number of nitrogens with zero attached hydrogens (tertiary/aromatic N) is 2. The normalized spacial score (nSPS) is 13.4. The molecule has 0 aliphatic carbocycles. The molecular formula is C27H29FN4O3. The standard InChI is InChI=1S/C27H29FN4O3/c1-34-12-10-29-15-25(33)32-11-9-19-23(16-32)30-22(14-17-7-8-24(35-2)20(28)13-17)27-26(19)18-5-3-4-6-21(18)31-27/h3-8,13,29,31H,9-12,14-16H2,1-2H3. The summed E-state index contributed by atoms with van der Waals surface area (Å²) in [4.78, 5) is 23.2. The number of nitrogens with one attached hydrogen (secondary N) is 2. The van der Waals surface area contributed by atoms with E-state index in [4.69, 9.17) is 14.5 Å². The second kappa shape index (κ2) is 10.0. The van der Waals surface area contributed by atoms with E-state index in [2.05, 4.69) is 22.4 Å². The van der Waals surface area contributed by atoms with Crippen LogP contribution in [0.1, 0.15) is 22.5 Å². The van der Waals surface area contributed by atoms with Gasteiger partial charge in [0.05, 0.1) is 43.7 Å². The van der Waals surface area contributed by atoms with Crippen LogP contribution in [-0.2, 0) is 28.9 Å². The van der Waals surface area contributed by atoms with Gasteiger partial charge in [0.15, 0.2) is 11.6 Å². The maximum Gasteiger partial charge on any atom is 0.236 e. The number of carbonyl (C=O) groups excluding carboxylic acids is 1. The van der Waals surface area contributed by atoms with Crippen molar-refractivity contribution in [2.24, 2.45) is 0 Å². The Bertz CT molecular complexity index is 1380. The highest BCUT2D eigenvalue weighted by molar-refractivity contribution is 6.10. The van der Waals surface area contributed by atoms with Crippen molar-refractivity contribution in [1.82, 2.24) is 20.2 Å². The van der Waals surface area contributed by atoms with E-state index in [-0.39, 0.29) is 18.2 Å². The SMILES string of the molecule is COCCNCC(=O)N1CCc2c(nc(Cc3ccc(OC)c(F)c3)c3[nH]c4ccccc4c23)C1. The van der Waals surface area contributed by atoms with Crippen molar-refractivity contribution < 1.29 is 18.7 Å². The Labute approximate surface area is 203 Å². The number of ether oxygens (including phenoxy) is 2. The molecule has 0 bridgehead atoms. The third kappa shape index (κ3) is 4.59. The third-order valence-corrected chi connectivity index (χ3v) is 6.59. The second-order valence-electron chi connectivity index (χ2n) is 8.78. The summed E-state index contributed by atoms with van der Waals surface area (Å²) in [7, 11) is 3.09. The number of benzene rings is 2. The molecule has 5 rings (SSSR count). The van der Waals surface area contributed by atoms with Gasteiger partial charge in [-0.2, -0.15) is 0 Å². The van der Waals surface area contributed by atoms with Gasteiger partial charge in [0.25, 0.3) is 0 Å². The Hall–Kier alpha value is -3.49. The molecular weight excluding hydrogens is 447 g/mol. The highest BCUT2D eigenvalue weighted by Gasteiger charge is 2.26. The zero-order valence-electron chi connectivity index (χ0n) is 20.0. The molecule has 0 saturated carbocycles. The summed E-state index contributed by atoms with van der Waals surface area (Å²) in [5.74, 6) is -0.129. The highest BCUT2D eigenvalue weighted by Crippen LogP contribution is 2.35. The van der Waals surface area contributed by atoms with Crippen molar-refractivity contribution in [1.29, 1.82) is 0 Å². The van der Waals surface area contributed by atoms with Crippen LogP contribution in [0.2, 0.25) is 0 Å². The molecule has 0 fully saturated rings. The van der Waals surface area contributed by atoms with Crippen LogP contribution in [0, 0.1) is 5.82 Å². The first-order valence-corrected chi connectivity index (χ1v) is 11.8. The minimum absolute atomic E-state index is 0.0475. The van der Waals surface area contributed by atoms with Crippen LogP contribution < -0.4 is 10.1 Å². The summed E-state index contributed by atoms with van der Waals surface area (Å²) in [6.07, 6.45) is 1.20. The van der Waals surface area contributed by atoms with Crippen LogP contribution >= 0.6 is 0 Å². The van der Waals surface area contributed by atoms with Gasteiger partial charge in [-0.25, -0.2) is 4.39 Å². The van der Waals surface area contributed by atoms with E-state index < -0.39 is 5.82 Å². The van der Waals surface area contributed by atoms with Crippen molar-refractivity contribution in [3.05, 3.63) is 70.8 Å². The topological polar surface area (TPSA) is 79.5 Å². The fraction of sp³-hybridized carbons (Fsp3) is 0.333. The maximum atomic E-state index is 14.4. The molecule has 2 N–H and O–H groups in total. The minimum atomic E-state index is -0.395. The van der Waals surface area contributed by atoms with Crippen LogP contribution in [0.4, 0.5) is 4.39 Å². The van der Waals surface area contributed by atoms with Crippen LogP contribution in [-0.4, -0.2) is 61.2 Å². The Morgan fingerprint density at radius 3 is 2.89 bits per heavy atom. The molecule has 0 saturated heterocycles. The number of carbonyl (C=O) groups is 1. The number of para-hydroxylation sites is 1. The average Bonchev–Trinajstić information content (AvgIpc) is 3.27. The first-order valence-electron chi connectivity index (χ1n) is 11.8. The lowest BCUT2D eigenvalue weighted by Crippen LogP contribution is -2.42. The number of halogens is 1. The van der Waals surface area contributed by atoms with Gasteiger partial charge in [-0.1, -0.05) is 24.3 Å². The molecule has 35 heavy (non-hydrogen) atoms. The van der Waals surface area contributed by atoms with Gasteiger partial charge in [0.2, 0.25) is 5.91 Å². The van der Waals surface area contributed by atoms with E-state index in [1.165, 1.54) is 18.7 Å². The largest absolute Gasteiger partial charge is 0.494 e. The lowest BCUT2D eigenvalue weighted by molar-refractivity contribution is -0.131. The quantitative estimate of drug-likeness (QED) is 0.380. The second-order valence-corrected chi connectivity index (χ2v) is 8.78. The Morgan fingerprint density at radius 1 is 1.23 bits per heavy atom. The van der Waals surface area contributed by atoms with Crippen molar-refractivity contribution in [2.45, 2.75) is 19.4 Å². The van der Waals surface area contributed by atoms with Crippen LogP contribution in [0.3, 0.4) is 0 Å². The molecule has 2 aromatic heterocycles. The molecule has 182 valence electrons. The predicted octanol–water partition coefficient (Wildman–Crippen LogP) is 3.58. The number of hydrogen-bond acceptors (Lipinski definition) is 5.